The summed E-state index contributed by atoms with van der Waals surface area (Å²) < 4.78 is 15.0. The molecule has 8 heteroatoms. The van der Waals surface area contributed by atoms with Crippen molar-refractivity contribution in [3.05, 3.63) is 0 Å². The smallest absolute Gasteiger partial charge is 0.326 e. The summed E-state index contributed by atoms with van der Waals surface area (Å²) >= 11 is 0. The maximum absolute atomic E-state index is 11.5. The minimum absolute atomic E-state index is 0.186. The molecule has 0 fully saturated rings. The number of hydrogen-bond acceptors (Lipinski definition) is 6. The second kappa shape index (κ2) is 13.7. The van der Waals surface area contributed by atoms with Crippen LogP contribution in [0.1, 0.15) is 19.3 Å². The number of carbonyl (C=O) groups is 2. The first-order valence-electron chi connectivity index (χ1n) is 6.98. The fourth-order valence-electron chi connectivity index (χ4n) is 1.51. The van der Waals surface area contributed by atoms with E-state index in [2.05, 4.69) is 5.32 Å². The van der Waals surface area contributed by atoms with Crippen LogP contribution < -0.4 is 11.1 Å². The molecule has 0 radical (unpaired) electrons. The van der Waals surface area contributed by atoms with Gasteiger partial charge in [0.15, 0.2) is 0 Å². The van der Waals surface area contributed by atoms with Gasteiger partial charge in [0.05, 0.1) is 26.4 Å². The van der Waals surface area contributed by atoms with E-state index in [1.165, 1.54) is 0 Å². The van der Waals surface area contributed by atoms with Gasteiger partial charge < -0.3 is 30.4 Å². The maximum Gasteiger partial charge on any atom is 0.326 e. The minimum atomic E-state index is -1.05. The van der Waals surface area contributed by atoms with Crippen LogP contribution in [0.2, 0.25) is 0 Å². The van der Waals surface area contributed by atoms with Crippen molar-refractivity contribution in [2.45, 2.75) is 25.3 Å². The molecule has 21 heavy (non-hydrogen) atoms. The lowest BCUT2D eigenvalue weighted by Crippen LogP contribution is -2.42. The van der Waals surface area contributed by atoms with Crippen LogP contribution in [-0.2, 0) is 23.8 Å². The van der Waals surface area contributed by atoms with Crippen molar-refractivity contribution in [1.29, 1.82) is 0 Å². The summed E-state index contributed by atoms with van der Waals surface area (Å²) in [6, 6.07) is -0.898. The minimum Gasteiger partial charge on any atom is -0.480 e. The number of rotatable bonds is 14. The number of amides is 1. The summed E-state index contributed by atoms with van der Waals surface area (Å²) in [5.74, 6) is -1.50. The zero-order valence-corrected chi connectivity index (χ0v) is 12.5. The van der Waals surface area contributed by atoms with Gasteiger partial charge >= 0.3 is 5.97 Å². The molecule has 0 aliphatic carbocycles. The molecule has 0 unspecified atom stereocenters. The van der Waals surface area contributed by atoms with Gasteiger partial charge in [0, 0.05) is 7.11 Å². The van der Waals surface area contributed by atoms with E-state index < -0.39 is 17.9 Å². The molecular weight excluding hydrogens is 280 g/mol. The van der Waals surface area contributed by atoms with Gasteiger partial charge in [-0.2, -0.15) is 0 Å². The van der Waals surface area contributed by atoms with Crippen LogP contribution >= 0.6 is 0 Å². The standard InChI is InChI=1S/C13H26N2O6/c1-19-6-7-20-8-9-21-10-12(16)15-11(13(17)18)4-2-3-5-14/h11H,2-10,14H2,1H3,(H,15,16)(H,17,18)/t11-/m0/s1. The highest BCUT2D eigenvalue weighted by Gasteiger charge is 2.19. The van der Waals surface area contributed by atoms with E-state index in [0.29, 0.717) is 39.2 Å². The van der Waals surface area contributed by atoms with Crippen molar-refractivity contribution in [2.75, 3.05) is 46.7 Å². The number of carboxylic acids is 1. The first-order chi connectivity index (χ1) is 10.1. The van der Waals surface area contributed by atoms with E-state index >= 15 is 0 Å². The molecular formula is C13H26N2O6. The number of nitrogens with two attached hydrogens (primary N) is 1. The Morgan fingerprint density at radius 3 is 2.43 bits per heavy atom. The number of carbonyl (C=O) groups excluding carboxylic acids is 1. The molecule has 124 valence electrons. The van der Waals surface area contributed by atoms with E-state index in [9.17, 15) is 9.59 Å². The molecule has 0 saturated heterocycles. The van der Waals surface area contributed by atoms with Crippen molar-refractivity contribution in [3.8, 4) is 0 Å². The lowest BCUT2D eigenvalue weighted by atomic mass is 10.1. The highest BCUT2D eigenvalue weighted by atomic mass is 16.5. The second-order valence-electron chi connectivity index (χ2n) is 4.40. The Labute approximate surface area is 124 Å². The fourth-order valence-corrected chi connectivity index (χ4v) is 1.51. The number of ether oxygens (including phenoxy) is 3. The van der Waals surface area contributed by atoms with E-state index in [-0.39, 0.29) is 13.2 Å². The zero-order valence-electron chi connectivity index (χ0n) is 12.5. The average molecular weight is 306 g/mol. The first kappa shape index (κ1) is 19.8. The topological polar surface area (TPSA) is 120 Å². The Hall–Kier alpha value is -1.22. The summed E-state index contributed by atoms with van der Waals surface area (Å²) in [4.78, 5) is 22.5. The third-order valence-electron chi connectivity index (χ3n) is 2.62. The summed E-state index contributed by atoms with van der Waals surface area (Å²) in [5, 5.41) is 11.4. The predicted molar refractivity (Wildman–Crippen MR) is 76.0 cm³/mol. The van der Waals surface area contributed by atoms with Gasteiger partial charge in [-0.3, -0.25) is 4.79 Å². The maximum atomic E-state index is 11.5. The fraction of sp³-hybridized carbons (Fsp3) is 0.846. The quantitative estimate of drug-likeness (QED) is 0.365. The van der Waals surface area contributed by atoms with Crippen LogP contribution in [0.15, 0.2) is 0 Å². The average Bonchev–Trinajstić information content (AvgIpc) is 2.45. The molecule has 0 heterocycles. The number of unbranched alkanes of at least 4 members (excludes halogenated alkanes) is 1. The lowest BCUT2D eigenvalue weighted by molar-refractivity contribution is -0.142. The van der Waals surface area contributed by atoms with E-state index in [1.54, 1.807) is 7.11 Å². The van der Waals surface area contributed by atoms with Gasteiger partial charge in [0.25, 0.3) is 0 Å². The first-order valence-corrected chi connectivity index (χ1v) is 6.98. The molecule has 0 saturated carbocycles. The van der Waals surface area contributed by atoms with Crippen molar-refractivity contribution in [3.63, 3.8) is 0 Å². The third kappa shape index (κ3) is 12.2. The number of aliphatic carboxylic acids is 1. The summed E-state index contributed by atoms with van der Waals surface area (Å²) in [6.45, 7) is 1.91. The predicted octanol–water partition coefficient (Wildman–Crippen LogP) is -0.636. The SMILES string of the molecule is COCCOCCOCC(=O)N[C@@H](CCCCN)C(=O)O. The lowest BCUT2D eigenvalue weighted by Gasteiger charge is -2.14. The number of carboxylic acid groups (broad SMARTS) is 1. The Kier molecular flexibility index (Phi) is 13.0. The monoisotopic (exact) mass is 306 g/mol. The molecule has 1 amide bonds. The molecule has 1 atom stereocenters. The second-order valence-corrected chi connectivity index (χ2v) is 4.40. The highest BCUT2D eigenvalue weighted by Crippen LogP contribution is 2.00. The third-order valence-corrected chi connectivity index (χ3v) is 2.62. The van der Waals surface area contributed by atoms with E-state index in [1.807, 2.05) is 0 Å². The summed E-state index contributed by atoms with van der Waals surface area (Å²) in [6.07, 6.45) is 1.75. The van der Waals surface area contributed by atoms with Crippen LogP contribution in [0.3, 0.4) is 0 Å². The molecule has 4 N–H and O–H groups in total. The largest absolute Gasteiger partial charge is 0.480 e. The van der Waals surface area contributed by atoms with Crippen LogP contribution in [0.4, 0.5) is 0 Å². The van der Waals surface area contributed by atoms with Crippen molar-refractivity contribution < 1.29 is 28.9 Å². The van der Waals surface area contributed by atoms with Crippen molar-refractivity contribution >= 4 is 11.9 Å². The molecule has 0 rings (SSSR count). The van der Waals surface area contributed by atoms with Crippen molar-refractivity contribution in [2.24, 2.45) is 5.73 Å². The van der Waals surface area contributed by atoms with Gasteiger partial charge in [-0.1, -0.05) is 0 Å². The number of methoxy groups -OCH3 is 1. The molecule has 0 spiro atoms. The molecule has 0 aromatic heterocycles. The molecule has 0 aliphatic rings. The molecule has 0 bridgehead atoms. The van der Waals surface area contributed by atoms with Gasteiger partial charge in [0.1, 0.15) is 12.6 Å². The number of hydrogen-bond donors (Lipinski definition) is 3. The normalized spacial score (nSPS) is 12.1. The van der Waals surface area contributed by atoms with Crippen LogP contribution in [0.5, 0.6) is 0 Å². The van der Waals surface area contributed by atoms with Gasteiger partial charge in [-0.05, 0) is 25.8 Å². The van der Waals surface area contributed by atoms with Crippen LogP contribution in [0.25, 0.3) is 0 Å². The van der Waals surface area contributed by atoms with E-state index in [4.69, 9.17) is 25.1 Å². The van der Waals surface area contributed by atoms with Gasteiger partial charge in [0.2, 0.25) is 5.91 Å². The summed E-state index contributed by atoms with van der Waals surface area (Å²) in [5.41, 5.74) is 5.34. The van der Waals surface area contributed by atoms with Crippen LogP contribution in [-0.4, -0.2) is 69.7 Å². The highest BCUT2D eigenvalue weighted by molar-refractivity contribution is 5.84. The van der Waals surface area contributed by atoms with Gasteiger partial charge in [-0.15, -0.1) is 0 Å². The Morgan fingerprint density at radius 1 is 1.14 bits per heavy atom. The summed E-state index contributed by atoms with van der Waals surface area (Å²) in [7, 11) is 1.58. The van der Waals surface area contributed by atoms with E-state index in [0.717, 1.165) is 6.42 Å². The zero-order chi connectivity index (χ0) is 15.9. The molecule has 0 aromatic rings. The van der Waals surface area contributed by atoms with Crippen molar-refractivity contribution in [1.82, 2.24) is 5.32 Å². The van der Waals surface area contributed by atoms with Gasteiger partial charge in [-0.25, -0.2) is 4.79 Å². The Bertz CT molecular complexity index is 288. The Morgan fingerprint density at radius 2 is 1.81 bits per heavy atom. The molecule has 0 aliphatic heterocycles. The van der Waals surface area contributed by atoms with Crippen LogP contribution in [0, 0.1) is 0 Å². The Balaban J connectivity index is 3.70. The molecule has 0 aromatic carbocycles. The molecule has 8 nitrogen and oxygen atoms in total. The number of nitrogens with one attached hydrogen (secondary N) is 1.